The van der Waals surface area contributed by atoms with Gasteiger partial charge in [-0.2, -0.15) is 0 Å². The van der Waals surface area contributed by atoms with Crippen LogP contribution in [0.5, 0.6) is 0 Å². The van der Waals surface area contributed by atoms with Crippen molar-refractivity contribution in [2.75, 3.05) is 16.8 Å². The van der Waals surface area contributed by atoms with Gasteiger partial charge in [-0.05, 0) is 49.2 Å². The Bertz CT molecular complexity index is 623. The van der Waals surface area contributed by atoms with E-state index >= 15 is 0 Å². The van der Waals surface area contributed by atoms with E-state index in [9.17, 15) is 4.79 Å². The van der Waals surface area contributed by atoms with Crippen molar-refractivity contribution in [3.05, 3.63) is 47.3 Å². The number of hydrogen-bond donors (Lipinski definition) is 1. The summed E-state index contributed by atoms with van der Waals surface area (Å²) in [7, 11) is 0. The van der Waals surface area contributed by atoms with Crippen molar-refractivity contribution in [1.82, 2.24) is 4.57 Å². The van der Waals surface area contributed by atoms with Crippen LogP contribution < -0.4 is 10.2 Å². The van der Waals surface area contributed by atoms with E-state index in [0.717, 1.165) is 42.9 Å². The number of benzene rings is 1. The molecule has 0 aliphatic carbocycles. The van der Waals surface area contributed by atoms with Gasteiger partial charge >= 0.3 is 0 Å². The summed E-state index contributed by atoms with van der Waals surface area (Å²) in [5.74, 6) is 0. The third kappa shape index (κ3) is 3.16. The second kappa shape index (κ2) is 7.16. The third-order valence-electron chi connectivity index (χ3n) is 3.97. The largest absolute Gasteiger partial charge is 0.364 e. The van der Waals surface area contributed by atoms with E-state index in [0.29, 0.717) is 0 Å². The average molecular weight is 299 g/mol. The van der Waals surface area contributed by atoms with Gasteiger partial charge in [0.1, 0.15) is 0 Å². The van der Waals surface area contributed by atoms with Crippen molar-refractivity contribution in [3.8, 4) is 0 Å². The molecule has 0 unspecified atom stereocenters. The molecule has 2 heterocycles. The van der Waals surface area contributed by atoms with Crippen LogP contribution in [0.25, 0.3) is 0 Å². The zero-order chi connectivity index (χ0) is 16.1. The molecule has 0 atom stereocenters. The van der Waals surface area contributed by atoms with Gasteiger partial charge in [0.25, 0.3) is 0 Å². The molecule has 1 N–H and O–H groups in total. The van der Waals surface area contributed by atoms with E-state index in [1.807, 2.05) is 27.7 Å². The van der Waals surface area contributed by atoms with Crippen molar-refractivity contribution in [3.63, 3.8) is 0 Å². The van der Waals surface area contributed by atoms with Gasteiger partial charge in [0.05, 0.1) is 6.54 Å². The maximum absolute atomic E-state index is 10.6. The predicted molar refractivity (Wildman–Crippen MR) is 92.4 cm³/mol. The Morgan fingerprint density at radius 2 is 1.82 bits per heavy atom. The van der Waals surface area contributed by atoms with Crippen LogP contribution in [0.15, 0.2) is 30.5 Å². The van der Waals surface area contributed by atoms with Crippen LogP contribution in [-0.2, 0) is 17.9 Å². The Kier molecular flexibility index (Phi) is 5.26. The minimum atomic E-state index is 0.739. The van der Waals surface area contributed by atoms with Crippen LogP contribution in [-0.4, -0.2) is 17.5 Å². The number of carbonyl (C=O) groups is 1. The molecule has 0 bridgehead atoms. The highest BCUT2D eigenvalue weighted by Gasteiger charge is 2.17. The number of carbonyl (C=O) groups excluding carboxylic acids is 1. The molecule has 0 spiro atoms. The molecular formula is C18H25N3O. The van der Waals surface area contributed by atoms with Gasteiger partial charge in [-0.15, -0.1) is 0 Å². The number of anilines is 2. The molecule has 2 aromatic rings. The lowest BCUT2D eigenvalue weighted by molar-refractivity contribution is -0.105. The van der Waals surface area contributed by atoms with E-state index < -0.39 is 0 Å². The van der Waals surface area contributed by atoms with E-state index in [1.54, 1.807) is 0 Å². The van der Waals surface area contributed by atoms with Gasteiger partial charge in [0, 0.05) is 36.4 Å². The molecule has 1 aromatic carbocycles. The molecule has 0 radical (unpaired) electrons. The Morgan fingerprint density at radius 3 is 2.45 bits per heavy atom. The summed E-state index contributed by atoms with van der Waals surface area (Å²) in [6.45, 7) is 11.0. The van der Waals surface area contributed by atoms with Crippen molar-refractivity contribution in [1.29, 1.82) is 0 Å². The number of nitrogens with zero attached hydrogens (tertiary/aromatic N) is 2. The van der Waals surface area contributed by atoms with Crippen LogP contribution in [0.4, 0.5) is 11.4 Å². The summed E-state index contributed by atoms with van der Waals surface area (Å²) in [4.78, 5) is 13.0. The monoisotopic (exact) mass is 299 g/mol. The summed E-state index contributed by atoms with van der Waals surface area (Å²) in [5, 5.41) is 2.78. The summed E-state index contributed by atoms with van der Waals surface area (Å²) in [5.41, 5.74) is 5.70. The highest BCUT2D eigenvalue weighted by atomic mass is 16.1. The van der Waals surface area contributed by atoms with Crippen LogP contribution in [0.1, 0.15) is 30.7 Å². The quantitative estimate of drug-likeness (QED) is 0.877. The van der Waals surface area contributed by atoms with E-state index in [2.05, 4.69) is 45.2 Å². The minimum absolute atomic E-state index is 0.739. The molecule has 1 aliphatic rings. The number of nitrogens with one attached hydrogen (secondary N) is 1. The first-order chi connectivity index (χ1) is 10.7. The van der Waals surface area contributed by atoms with Gasteiger partial charge in [0.15, 0.2) is 0 Å². The molecule has 1 aromatic heterocycles. The third-order valence-corrected chi connectivity index (χ3v) is 3.97. The van der Waals surface area contributed by atoms with Crippen molar-refractivity contribution in [2.45, 2.75) is 40.8 Å². The second-order valence-corrected chi connectivity index (χ2v) is 5.33. The zero-order valence-corrected chi connectivity index (χ0v) is 13.9. The molecule has 118 valence electrons. The summed E-state index contributed by atoms with van der Waals surface area (Å²) in [6, 6.07) is 8.58. The maximum Gasteiger partial charge on any atom is 0.211 e. The number of aryl methyl sites for hydroxylation is 2. The Morgan fingerprint density at radius 1 is 1.14 bits per heavy atom. The number of fused-ring (bicyclic) bond motifs is 1. The average Bonchev–Trinajstić information content (AvgIpc) is 3.00. The Hall–Kier alpha value is -2.23. The molecule has 0 saturated carbocycles. The first-order valence-electron chi connectivity index (χ1n) is 7.89. The molecule has 1 amide bonds. The summed E-state index contributed by atoms with van der Waals surface area (Å²) < 4.78 is 2.30. The Labute approximate surface area is 132 Å². The van der Waals surface area contributed by atoms with Gasteiger partial charge in [0.2, 0.25) is 6.41 Å². The lowest BCUT2D eigenvalue weighted by Crippen LogP contribution is -2.33. The van der Waals surface area contributed by atoms with Gasteiger partial charge in [-0.3, -0.25) is 4.79 Å². The van der Waals surface area contributed by atoms with E-state index in [4.69, 9.17) is 0 Å². The SMILES string of the molecule is CC.Cc1cc(N2CCn3cccc3C2)cc(C)c1NC=O. The summed E-state index contributed by atoms with van der Waals surface area (Å²) >= 11 is 0. The van der Waals surface area contributed by atoms with Crippen LogP contribution in [0.3, 0.4) is 0 Å². The minimum Gasteiger partial charge on any atom is -0.364 e. The number of hydrogen-bond acceptors (Lipinski definition) is 2. The first-order valence-corrected chi connectivity index (χ1v) is 7.89. The molecule has 4 heteroatoms. The fraction of sp³-hybridized carbons (Fsp3) is 0.389. The fourth-order valence-corrected chi connectivity index (χ4v) is 2.94. The highest BCUT2D eigenvalue weighted by Crippen LogP contribution is 2.29. The van der Waals surface area contributed by atoms with Gasteiger partial charge < -0.3 is 14.8 Å². The van der Waals surface area contributed by atoms with Crippen molar-refractivity contribution >= 4 is 17.8 Å². The van der Waals surface area contributed by atoms with E-state index in [-0.39, 0.29) is 0 Å². The van der Waals surface area contributed by atoms with Crippen LogP contribution in [0, 0.1) is 13.8 Å². The molecule has 22 heavy (non-hydrogen) atoms. The van der Waals surface area contributed by atoms with E-state index in [1.165, 1.54) is 11.4 Å². The number of rotatable bonds is 3. The van der Waals surface area contributed by atoms with Crippen LogP contribution in [0.2, 0.25) is 0 Å². The van der Waals surface area contributed by atoms with Gasteiger partial charge in [-0.1, -0.05) is 13.8 Å². The van der Waals surface area contributed by atoms with Crippen molar-refractivity contribution in [2.24, 2.45) is 0 Å². The van der Waals surface area contributed by atoms with Crippen molar-refractivity contribution < 1.29 is 4.79 Å². The normalized spacial score (nSPS) is 13.0. The zero-order valence-electron chi connectivity index (χ0n) is 13.9. The smallest absolute Gasteiger partial charge is 0.211 e. The topological polar surface area (TPSA) is 37.3 Å². The standard InChI is InChI=1S/C16H19N3O.C2H6/c1-12-8-15(9-13(2)16(12)17-11-20)19-7-6-18-5-3-4-14(18)10-19;1-2/h3-5,8-9,11H,6-7,10H2,1-2H3,(H,17,20);1-2H3. The van der Waals surface area contributed by atoms with Crippen LogP contribution >= 0.6 is 0 Å². The second-order valence-electron chi connectivity index (χ2n) is 5.33. The lowest BCUT2D eigenvalue weighted by atomic mass is 10.1. The molecule has 1 aliphatic heterocycles. The molecule has 4 nitrogen and oxygen atoms in total. The first kappa shape index (κ1) is 16.1. The Balaban J connectivity index is 0.000000847. The summed E-state index contributed by atoms with van der Waals surface area (Å²) in [6.07, 6.45) is 2.88. The number of aromatic nitrogens is 1. The highest BCUT2D eigenvalue weighted by molar-refractivity contribution is 5.77. The molecule has 0 saturated heterocycles. The maximum atomic E-state index is 10.6. The lowest BCUT2D eigenvalue weighted by Gasteiger charge is -2.31. The van der Waals surface area contributed by atoms with Gasteiger partial charge in [-0.25, -0.2) is 0 Å². The fourth-order valence-electron chi connectivity index (χ4n) is 2.94. The number of amides is 1. The predicted octanol–water partition coefficient (Wildman–Crippen LogP) is 3.72. The molecule has 0 fully saturated rings. The molecular weight excluding hydrogens is 274 g/mol. The molecule has 3 rings (SSSR count).